The number of hydrogen-bond donors (Lipinski definition) is 0. The SMILES string of the molecule is Cc1c(C(=O)ON2C(=O)c3ccccc3C2=O)oc2ccc(F)cc12. The topological polar surface area (TPSA) is 76.8 Å². The first-order valence-electron chi connectivity index (χ1n) is 7.36. The number of amides is 2. The van der Waals surface area contributed by atoms with Crippen LogP contribution in [0.4, 0.5) is 4.39 Å². The number of nitrogens with zero attached hydrogens (tertiary/aromatic N) is 1. The quantitative estimate of drug-likeness (QED) is 0.670. The Bertz CT molecular complexity index is 1030. The number of benzene rings is 2. The van der Waals surface area contributed by atoms with Gasteiger partial charge in [0.25, 0.3) is 11.8 Å². The third-order valence-corrected chi connectivity index (χ3v) is 4.01. The smallest absolute Gasteiger partial charge is 0.399 e. The number of furan rings is 1. The second-order valence-corrected chi connectivity index (χ2v) is 5.53. The van der Waals surface area contributed by atoms with Crippen molar-refractivity contribution in [3.05, 3.63) is 70.7 Å². The predicted octanol–water partition coefficient (Wildman–Crippen LogP) is 3.25. The number of imide groups is 1. The number of halogens is 1. The maximum Gasteiger partial charge on any atom is 0.399 e. The Balaban J connectivity index is 1.67. The summed E-state index contributed by atoms with van der Waals surface area (Å²) in [7, 11) is 0. The van der Waals surface area contributed by atoms with Crippen LogP contribution in [0.5, 0.6) is 0 Å². The summed E-state index contributed by atoms with van der Waals surface area (Å²) in [6, 6.07) is 9.96. The molecule has 0 saturated carbocycles. The molecule has 0 spiro atoms. The van der Waals surface area contributed by atoms with Crippen LogP contribution in [0.3, 0.4) is 0 Å². The maximum absolute atomic E-state index is 13.4. The van der Waals surface area contributed by atoms with Gasteiger partial charge in [-0.15, -0.1) is 0 Å². The van der Waals surface area contributed by atoms with Gasteiger partial charge >= 0.3 is 5.97 Å². The Kier molecular flexibility index (Phi) is 3.18. The van der Waals surface area contributed by atoms with Crippen LogP contribution in [-0.2, 0) is 4.84 Å². The standard InChI is InChI=1S/C18H10FNO5/c1-9-13-8-10(19)6-7-14(13)24-15(9)18(23)25-20-16(21)11-4-2-3-5-12(11)17(20)22/h2-8H,1H3. The van der Waals surface area contributed by atoms with Crippen molar-refractivity contribution in [2.75, 3.05) is 0 Å². The minimum atomic E-state index is -1.01. The normalized spacial score (nSPS) is 13.4. The summed E-state index contributed by atoms with van der Waals surface area (Å²) in [5.74, 6) is -3.14. The molecule has 0 atom stereocenters. The third kappa shape index (κ3) is 2.20. The average Bonchev–Trinajstić information content (AvgIpc) is 3.05. The molecule has 0 bridgehead atoms. The Morgan fingerprint density at radius 2 is 1.72 bits per heavy atom. The van der Waals surface area contributed by atoms with Gasteiger partial charge in [0.05, 0.1) is 11.1 Å². The summed E-state index contributed by atoms with van der Waals surface area (Å²) < 4.78 is 18.7. The molecular formula is C18H10FNO5. The van der Waals surface area contributed by atoms with Crippen molar-refractivity contribution in [2.45, 2.75) is 6.92 Å². The third-order valence-electron chi connectivity index (χ3n) is 4.01. The zero-order chi connectivity index (χ0) is 17.7. The number of fused-ring (bicyclic) bond motifs is 2. The molecule has 0 radical (unpaired) electrons. The van der Waals surface area contributed by atoms with Crippen LogP contribution in [0.1, 0.15) is 36.8 Å². The lowest BCUT2D eigenvalue weighted by Crippen LogP contribution is -2.32. The summed E-state index contributed by atoms with van der Waals surface area (Å²) in [5, 5.41) is 0.814. The lowest BCUT2D eigenvalue weighted by molar-refractivity contribution is -0.0602. The van der Waals surface area contributed by atoms with E-state index in [-0.39, 0.29) is 16.9 Å². The minimum absolute atomic E-state index is 0.156. The molecule has 2 heterocycles. The first-order chi connectivity index (χ1) is 12.0. The van der Waals surface area contributed by atoms with Gasteiger partial charge in [-0.3, -0.25) is 9.59 Å². The fourth-order valence-corrected chi connectivity index (χ4v) is 2.76. The molecule has 1 aromatic heterocycles. The fraction of sp³-hybridized carbons (Fsp3) is 0.0556. The highest BCUT2D eigenvalue weighted by atomic mass is 19.1. The first-order valence-corrected chi connectivity index (χ1v) is 7.36. The first kappa shape index (κ1) is 15.1. The van der Waals surface area contributed by atoms with Crippen LogP contribution >= 0.6 is 0 Å². The van der Waals surface area contributed by atoms with E-state index < -0.39 is 23.6 Å². The van der Waals surface area contributed by atoms with Gasteiger partial charge in [0.2, 0.25) is 5.76 Å². The molecule has 0 unspecified atom stereocenters. The van der Waals surface area contributed by atoms with E-state index >= 15 is 0 Å². The molecule has 0 fully saturated rings. The van der Waals surface area contributed by atoms with Crippen LogP contribution in [0.2, 0.25) is 0 Å². The second-order valence-electron chi connectivity index (χ2n) is 5.53. The summed E-state index contributed by atoms with van der Waals surface area (Å²) in [6.07, 6.45) is 0. The van der Waals surface area contributed by atoms with Gasteiger partial charge < -0.3 is 9.25 Å². The molecular weight excluding hydrogens is 329 g/mol. The van der Waals surface area contributed by atoms with Crippen LogP contribution in [0.25, 0.3) is 11.0 Å². The Hall–Kier alpha value is -3.48. The Labute approximate surface area is 140 Å². The number of aryl methyl sites for hydroxylation is 1. The molecule has 2 amide bonds. The highest BCUT2D eigenvalue weighted by Gasteiger charge is 2.39. The van der Waals surface area contributed by atoms with Gasteiger partial charge in [-0.1, -0.05) is 17.2 Å². The Morgan fingerprint density at radius 1 is 1.08 bits per heavy atom. The molecule has 7 heteroatoms. The fourth-order valence-electron chi connectivity index (χ4n) is 2.76. The minimum Gasteiger partial charge on any atom is -0.449 e. The largest absolute Gasteiger partial charge is 0.449 e. The summed E-state index contributed by atoms with van der Waals surface area (Å²) in [5.41, 5.74) is 0.969. The van der Waals surface area contributed by atoms with Gasteiger partial charge in [-0.25, -0.2) is 9.18 Å². The van der Waals surface area contributed by atoms with Crippen molar-refractivity contribution >= 4 is 28.8 Å². The van der Waals surface area contributed by atoms with Crippen LogP contribution in [0.15, 0.2) is 46.9 Å². The number of rotatable bonds is 2. The van der Waals surface area contributed by atoms with E-state index in [1.165, 1.54) is 30.3 Å². The molecule has 0 aliphatic carbocycles. The number of carbonyl (C=O) groups is 3. The summed E-state index contributed by atoms with van der Waals surface area (Å²) in [4.78, 5) is 41.8. The van der Waals surface area contributed by atoms with Gasteiger partial charge in [0.15, 0.2) is 0 Å². The van der Waals surface area contributed by atoms with Crippen molar-refractivity contribution in [3.8, 4) is 0 Å². The molecule has 3 aromatic rings. The van der Waals surface area contributed by atoms with Gasteiger partial charge in [0, 0.05) is 10.9 Å². The van der Waals surface area contributed by atoms with Gasteiger partial charge in [-0.2, -0.15) is 0 Å². The van der Waals surface area contributed by atoms with E-state index in [4.69, 9.17) is 9.25 Å². The van der Waals surface area contributed by atoms with Crippen LogP contribution in [0, 0.1) is 12.7 Å². The highest BCUT2D eigenvalue weighted by Crippen LogP contribution is 2.28. The van der Waals surface area contributed by atoms with Crippen molar-refractivity contribution in [2.24, 2.45) is 0 Å². The van der Waals surface area contributed by atoms with Crippen molar-refractivity contribution in [3.63, 3.8) is 0 Å². The van der Waals surface area contributed by atoms with Crippen molar-refractivity contribution < 1.29 is 28.0 Å². The molecule has 6 nitrogen and oxygen atoms in total. The van der Waals surface area contributed by atoms with E-state index in [0.29, 0.717) is 21.6 Å². The number of hydrogen-bond acceptors (Lipinski definition) is 5. The number of carbonyl (C=O) groups excluding carboxylic acids is 3. The molecule has 0 saturated heterocycles. The molecule has 124 valence electrons. The highest BCUT2D eigenvalue weighted by molar-refractivity contribution is 6.21. The number of hydroxylamine groups is 2. The van der Waals surface area contributed by atoms with Gasteiger partial charge in [0.1, 0.15) is 11.4 Å². The van der Waals surface area contributed by atoms with E-state index in [1.54, 1.807) is 19.1 Å². The molecule has 4 rings (SSSR count). The van der Waals surface area contributed by atoms with Crippen molar-refractivity contribution in [1.29, 1.82) is 0 Å². The van der Waals surface area contributed by atoms with E-state index in [1.807, 2.05) is 0 Å². The summed E-state index contributed by atoms with van der Waals surface area (Å²) in [6.45, 7) is 1.56. The lowest BCUT2D eigenvalue weighted by Gasteiger charge is -2.11. The zero-order valence-electron chi connectivity index (χ0n) is 12.9. The van der Waals surface area contributed by atoms with Crippen LogP contribution < -0.4 is 0 Å². The van der Waals surface area contributed by atoms with E-state index in [0.717, 1.165) is 0 Å². The van der Waals surface area contributed by atoms with E-state index in [9.17, 15) is 18.8 Å². The summed E-state index contributed by atoms with van der Waals surface area (Å²) >= 11 is 0. The molecule has 0 N–H and O–H groups in total. The molecule has 2 aromatic carbocycles. The second kappa shape index (κ2) is 5.27. The van der Waals surface area contributed by atoms with Gasteiger partial charge in [-0.05, 0) is 37.3 Å². The maximum atomic E-state index is 13.4. The van der Waals surface area contributed by atoms with Crippen molar-refractivity contribution in [1.82, 2.24) is 5.06 Å². The Morgan fingerprint density at radius 3 is 2.36 bits per heavy atom. The monoisotopic (exact) mass is 339 g/mol. The van der Waals surface area contributed by atoms with E-state index in [2.05, 4.69) is 0 Å². The zero-order valence-corrected chi connectivity index (χ0v) is 12.9. The lowest BCUT2D eigenvalue weighted by atomic mass is 10.1. The molecule has 1 aliphatic heterocycles. The average molecular weight is 339 g/mol. The molecule has 1 aliphatic rings. The molecule has 25 heavy (non-hydrogen) atoms. The predicted molar refractivity (Wildman–Crippen MR) is 83.3 cm³/mol. The van der Waals surface area contributed by atoms with Crippen LogP contribution in [-0.4, -0.2) is 22.8 Å².